The molecule has 0 saturated heterocycles. The van der Waals surface area contributed by atoms with Crippen molar-refractivity contribution in [2.75, 3.05) is 5.32 Å². The number of benzene rings is 1. The number of hydrogen-bond donors (Lipinski definition) is 4. The van der Waals surface area contributed by atoms with Gasteiger partial charge in [0.05, 0.1) is 17.2 Å². The second-order valence-electron chi connectivity index (χ2n) is 5.93. The van der Waals surface area contributed by atoms with Gasteiger partial charge in [-0.05, 0) is 36.2 Å². The highest BCUT2D eigenvalue weighted by atomic mass is 32.1. The van der Waals surface area contributed by atoms with Crippen molar-refractivity contribution in [1.29, 1.82) is 0 Å². The first-order valence-corrected chi connectivity index (χ1v) is 9.05. The standard InChI is InChI=1S/C18H16F2N4O3S/c1-2-12(25)8-5-10(19)16(11(20)6-8)13-7-9(17(21)27)18(28-13)22-14-3-4-15(26)24-23-14/h3-7,12,25H,2H2,1H3,(H2,21,27)(H,22,23)(H,24,26). The van der Waals surface area contributed by atoms with Gasteiger partial charge in [0.2, 0.25) is 0 Å². The molecule has 0 radical (unpaired) electrons. The molecule has 1 aromatic carbocycles. The molecule has 1 amide bonds. The number of primary amides is 1. The average molecular weight is 406 g/mol. The number of carbonyl (C=O) groups is 1. The summed E-state index contributed by atoms with van der Waals surface area (Å²) in [5.41, 5.74) is 4.77. The molecule has 10 heteroatoms. The summed E-state index contributed by atoms with van der Waals surface area (Å²) in [6, 6.07) is 6.01. The molecule has 3 rings (SSSR count). The van der Waals surface area contributed by atoms with Gasteiger partial charge in [0.25, 0.3) is 11.5 Å². The first-order chi connectivity index (χ1) is 13.3. The lowest BCUT2D eigenvalue weighted by Crippen LogP contribution is -2.12. The number of aliphatic hydroxyl groups excluding tert-OH is 1. The Morgan fingerprint density at radius 3 is 2.54 bits per heavy atom. The number of nitrogens with zero attached hydrogens (tertiary/aromatic N) is 1. The van der Waals surface area contributed by atoms with Crippen LogP contribution in [0.3, 0.4) is 0 Å². The Labute approximate surface area is 161 Å². The van der Waals surface area contributed by atoms with E-state index < -0.39 is 29.2 Å². The molecule has 0 aliphatic carbocycles. The summed E-state index contributed by atoms with van der Waals surface area (Å²) in [4.78, 5) is 23.0. The molecule has 5 N–H and O–H groups in total. The average Bonchev–Trinajstić information content (AvgIpc) is 3.06. The van der Waals surface area contributed by atoms with Crippen molar-refractivity contribution in [1.82, 2.24) is 10.2 Å². The van der Waals surface area contributed by atoms with E-state index in [1.54, 1.807) is 6.92 Å². The molecule has 7 nitrogen and oxygen atoms in total. The highest BCUT2D eigenvalue weighted by Gasteiger charge is 2.22. The molecule has 2 aromatic heterocycles. The van der Waals surface area contributed by atoms with Gasteiger partial charge in [0.15, 0.2) is 5.82 Å². The first-order valence-electron chi connectivity index (χ1n) is 8.24. The van der Waals surface area contributed by atoms with Crippen LogP contribution < -0.4 is 16.6 Å². The fourth-order valence-electron chi connectivity index (χ4n) is 2.58. The summed E-state index contributed by atoms with van der Waals surface area (Å²) in [6.07, 6.45) is -0.672. The van der Waals surface area contributed by atoms with Gasteiger partial charge in [-0.2, -0.15) is 5.10 Å². The Morgan fingerprint density at radius 1 is 1.32 bits per heavy atom. The number of nitrogens with one attached hydrogen (secondary N) is 2. The molecule has 0 bridgehead atoms. The monoisotopic (exact) mass is 406 g/mol. The second-order valence-corrected chi connectivity index (χ2v) is 6.98. The minimum absolute atomic E-state index is 0.0180. The summed E-state index contributed by atoms with van der Waals surface area (Å²) in [5.74, 6) is -2.31. The van der Waals surface area contributed by atoms with Crippen LogP contribution in [0, 0.1) is 11.6 Å². The van der Waals surface area contributed by atoms with Gasteiger partial charge in [0.1, 0.15) is 16.6 Å². The van der Waals surface area contributed by atoms with E-state index in [0.717, 1.165) is 23.5 Å². The molecule has 0 saturated carbocycles. The van der Waals surface area contributed by atoms with E-state index in [1.165, 1.54) is 18.2 Å². The predicted octanol–water partition coefficient (Wildman–Crippen LogP) is 3.06. The molecule has 146 valence electrons. The third kappa shape index (κ3) is 3.92. The Kier molecular flexibility index (Phi) is 5.52. The number of aromatic amines is 1. The lowest BCUT2D eigenvalue weighted by Gasteiger charge is -2.11. The third-order valence-electron chi connectivity index (χ3n) is 4.00. The Bertz CT molecular complexity index is 1050. The van der Waals surface area contributed by atoms with Crippen LogP contribution in [0.5, 0.6) is 0 Å². The van der Waals surface area contributed by atoms with E-state index in [0.29, 0.717) is 6.42 Å². The minimum Gasteiger partial charge on any atom is -0.388 e. The topological polar surface area (TPSA) is 121 Å². The molecule has 3 aromatic rings. The van der Waals surface area contributed by atoms with Crippen LogP contribution in [-0.2, 0) is 0 Å². The highest BCUT2D eigenvalue weighted by molar-refractivity contribution is 7.20. The van der Waals surface area contributed by atoms with Crippen LogP contribution in [0.4, 0.5) is 19.6 Å². The number of H-pyrrole nitrogens is 1. The maximum absolute atomic E-state index is 14.6. The van der Waals surface area contributed by atoms with E-state index in [1.807, 2.05) is 0 Å². The number of amides is 1. The van der Waals surface area contributed by atoms with Crippen molar-refractivity contribution < 1.29 is 18.7 Å². The normalized spacial score (nSPS) is 12.0. The van der Waals surface area contributed by atoms with Crippen LogP contribution in [0.25, 0.3) is 10.4 Å². The van der Waals surface area contributed by atoms with Gasteiger partial charge in [-0.15, -0.1) is 11.3 Å². The number of halogens is 2. The van der Waals surface area contributed by atoms with Crippen LogP contribution >= 0.6 is 11.3 Å². The number of thiophene rings is 1. The Balaban J connectivity index is 2.05. The predicted molar refractivity (Wildman–Crippen MR) is 102 cm³/mol. The highest BCUT2D eigenvalue weighted by Crippen LogP contribution is 2.39. The lowest BCUT2D eigenvalue weighted by atomic mass is 10.0. The molecule has 0 aliphatic heterocycles. The van der Waals surface area contributed by atoms with Gasteiger partial charge >= 0.3 is 0 Å². The van der Waals surface area contributed by atoms with Crippen molar-refractivity contribution >= 4 is 28.1 Å². The van der Waals surface area contributed by atoms with Gasteiger partial charge in [0, 0.05) is 10.9 Å². The number of nitrogens with two attached hydrogens (primary N) is 1. The third-order valence-corrected chi connectivity index (χ3v) is 5.07. The van der Waals surface area contributed by atoms with E-state index in [4.69, 9.17) is 5.73 Å². The maximum atomic E-state index is 14.6. The molecule has 0 aliphatic rings. The summed E-state index contributed by atoms with van der Waals surface area (Å²) >= 11 is 0.902. The Hall–Kier alpha value is -3.11. The zero-order chi connectivity index (χ0) is 20.4. The fraction of sp³-hybridized carbons (Fsp3) is 0.167. The van der Waals surface area contributed by atoms with Gasteiger partial charge in [-0.25, -0.2) is 13.9 Å². The minimum atomic E-state index is -0.980. The largest absolute Gasteiger partial charge is 0.388 e. The van der Waals surface area contributed by atoms with Crippen molar-refractivity contribution in [2.24, 2.45) is 5.73 Å². The molecule has 0 fully saturated rings. The van der Waals surface area contributed by atoms with Crippen molar-refractivity contribution in [3.8, 4) is 10.4 Å². The van der Waals surface area contributed by atoms with Crippen LogP contribution in [0.2, 0.25) is 0 Å². The number of anilines is 2. The molecular formula is C18H16F2N4O3S. The quantitative estimate of drug-likeness (QED) is 0.501. The summed E-state index contributed by atoms with van der Waals surface area (Å²) in [5, 5.41) is 18.8. The fourth-order valence-corrected chi connectivity index (χ4v) is 3.70. The lowest BCUT2D eigenvalue weighted by molar-refractivity contribution is 0.100. The van der Waals surface area contributed by atoms with E-state index >= 15 is 0 Å². The molecule has 1 unspecified atom stereocenters. The van der Waals surface area contributed by atoms with Crippen LogP contribution in [0.1, 0.15) is 35.4 Å². The number of rotatable bonds is 6. The molecule has 28 heavy (non-hydrogen) atoms. The number of carbonyl (C=O) groups excluding carboxylic acids is 1. The summed E-state index contributed by atoms with van der Waals surface area (Å²) in [7, 11) is 0. The first kappa shape index (κ1) is 19.6. The summed E-state index contributed by atoms with van der Waals surface area (Å²) < 4.78 is 29.1. The van der Waals surface area contributed by atoms with Crippen LogP contribution in [-0.4, -0.2) is 21.2 Å². The zero-order valence-electron chi connectivity index (χ0n) is 14.6. The molecule has 0 spiro atoms. The van der Waals surface area contributed by atoms with Gasteiger partial charge < -0.3 is 16.2 Å². The zero-order valence-corrected chi connectivity index (χ0v) is 15.4. The smallest absolute Gasteiger partial charge is 0.264 e. The molecule has 2 heterocycles. The number of aliphatic hydroxyl groups is 1. The van der Waals surface area contributed by atoms with Gasteiger partial charge in [-0.1, -0.05) is 6.92 Å². The van der Waals surface area contributed by atoms with Gasteiger partial charge in [-0.3, -0.25) is 9.59 Å². The maximum Gasteiger partial charge on any atom is 0.264 e. The number of hydrogen-bond acceptors (Lipinski definition) is 6. The van der Waals surface area contributed by atoms with Crippen molar-refractivity contribution in [3.63, 3.8) is 0 Å². The SMILES string of the molecule is CCC(O)c1cc(F)c(-c2cc(C(N)=O)c(Nc3ccc(=O)[nH]n3)s2)c(F)c1. The van der Waals surface area contributed by atoms with Crippen molar-refractivity contribution in [2.45, 2.75) is 19.4 Å². The molecular weight excluding hydrogens is 390 g/mol. The van der Waals surface area contributed by atoms with Crippen LogP contribution in [0.15, 0.2) is 35.1 Å². The van der Waals surface area contributed by atoms with E-state index in [2.05, 4.69) is 15.5 Å². The second kappa shape index (κ2) is 7.87. The summed E-state index contributed by atoms with van der Waals surface area (Å²) in [6.45, 7) is 1.69. The molecule has 1 atom stereocenters. The van der Waals surface area contributed by atoms with E-state index in [-0.39, 0.29) is 32.4 Å². The van der Waals surface area contributed by atoms with E-state index in [9.17, 15) is 23.5 Å². The number of aromatic nitrogens is 2. The van der Waals surface area contributed by atoms with Crippen molar-refractivity contribution in [3.05, 3.63) is 63.4 Å². The Morgan fingerprint density at radius 2 is 2.00 bits per heavy atom.